The summed E-state index contributed by atoms with van der Waals surface area (Å²) in [6, 6.07) is 2.10. The summed E-state index contributed by atoms with van der Waals surface area (Å²) in [4.78, 5) is 13.6. The molecule has 0 bridgehead atoms. The van der Waals surface area contributed by atoms with Gasteiger partial charge in [0.1, 0.15) is 17.5 Å². The monoisotopic (exact) mass is 263 g/mol. The van der Waals surface area contributed by atoms with Gasteiger partial charge in [-0.1, -0.05) is 0 Å². The molecule has 2 rings (SSSR count). The molecule has 1 aliphatic heterocycles. The summed E-state index contributed by atoms with van der Waals surface area (Å²) in [6.45, 7) is 7.94. The molecule has 0 radical (unpaired) electrons. The summed E-state index contributed by atoms with van der Waals surface area (Å²) in [5.41, 5.74) is 5.74. The Labute approximate surface area is 115 Å². The number of nitrogens with zero attached hydrogens (tertiary/aromatic N) is 4. The van der Waals surface area contributed by atoms with Crippen LogP contribution in [0.5, 0.6) is 0 Å². The van der Waals surface area contributed by atoms with E-state index in [1.807, 2.05) is 6.92 Å². The number of nitrogens with two attached hydrogens (primary N) is 1. The Hall–Kier alpha value is -1.36. The zero-order valence-corrected chi connectivity index (χ0v) is 12.3. The zero-order chi connectivity index (χ0) is 13.8. The molecule has 1 aliphatic rings. The number of aryl methyl sites for hydroxylation is 1. The Balaban J connectivity index is 2.14. The van der Waals surface area contributed by atoms with Crippen molar-refractivity contribution in [3.63, 3.8) is 0 Å². The smallest absolute Gasteiger partial charge is 0.134 e. The second kappa shape index (κ2) is 6.19. The molecule has 1 aromatic heterocycles. The average molecular weight is 263 g/mol. The second-order valence-electron chi connectivity index (χ2n) is 5.31. The third-order valence-electron chi connectivity index (χ3n) is 3.95. The van der Waals surface area contributed by atoms with Gasteiger partial charge in [-0.2, -0.15) is 0 Å². The van der Waals surface area contributed by atoms with Crippen LogP contribution in [0, 0.1) is 12.8 Å². The van der Waals surface area contributed by atoms with Crippen molar-refractivity contribution in [2.75, 3.05) is 43.0 Å². The molecule has 0 aromatic carbocycles. The zero-order valence-electron chi connectivity index (χ0n) is 12.3. The minimum atomic E-state index is 0.678. The summed E-state index contributed by atoms with van der Waals surface area (Å²) in [5, 5.41) is 0. The van der Waals surface area contributed by atoms with Gasteiger partial charge in [0, 0.05) is 32.7 Å². The van der Waals surface area contributed by atoms with E-state index in [1.165, 1.54) is 12.8 Å². The van der Waals surface area contributed by atoms with Crippen molar-refractivity contribution in [1.29, 1.82) is 0 Å². The standard InChI is InChI=1S/C14H25N5/c1-4-18(3)13-9-14(17-11(2)16-13)19-7-5-12(10-15)6-8-19/h9,12H,4-8,10,15H2,1-3H3. The van der Waals surface area contributed by atoms with E-state index in [1.54, 1.807) is 0 Å². The van der Waals surface area contributed by atoms with Crippen LogP contribution in [0.3, 0.4) is 0 Å². The fraction of sp³-hybridized carbons (Fsp3) is 0.714. The molecule has 19 heavy (non-hydrogen) atoms. The maximum atomic E-state index is 5.74. The first-order valence-electron chi connectivity index (χ1n) is 7.15. The molecular weight excluding hydrogens is 238 g/mol. The lowest BCUT2D eigenvalue weighted by atomic mass is 9.97. The number of anilines is 2. The van der Waals surface area contributed by atoms with Crippen LogP contribution in [0.25, 0.3) is 0 Å². The van der Waals surface area contributed by atoms with E-state index in [0.717, 1.165) is 43.6 Å². The van der Waals surface area contributed by atoms with Gasteiger partial charge >= 0.3 is 0 Å². The molecule has 0 spiro atoms. The fourth-order valence-corrected chi connectivity index (χ4v) is 2.45. The highest BCUT2D eigenvalue weighted by Gasteiger charge is 2.20. The van der Waals surface area contributed by atoms with Crippen LogP contribution in [0.2, 0.25) is 0 Å². The summed E-state index contributed by atoms with van der Waals surface area (Å²) >= 11 is 0. The van der Waals surface area contributed by atoms with E-state index in [2.05, 4.69) is 39.8 Å². The number of hydrogen-bond acceptors (Lipinski definition) is 5. The maximum Gasteiger partial charge on any atom is 0.134 e. The van der Waals surface area contributed by atoms with Crippen molar-refractivity contribution in [2.24, 2.45) is 11.7 Å². The van der Waals surface area contributed by atoms with Gasteiger partial charge in [0.25, 0.3) is 0 Å². The van der Waals surface area contributed by atoms with Crippen LogP contribution in [0.15, 0.2) is 6.07 Å². The van der Waals surface area contributed by atoms with Gasteiger partial charge in [-0.25, -0.2) is 9.97 Å². The van der Waals surface area contributed by atoms with Crippen LogP contribution in [-0.4, -0.2) is 43.2 Å². The Bertz CT molecular complexity index is 412. The van der Waals surface area contributed by atoms with Crippen LogP contribution < -0.4 is 15.5 Å². The van der Waals surface area contributed by atoms with Crippen LogP contribution in [0.4, 0.5) is 11.6 Å². The molecule has 1 saturated heterocycles. The van der Waals surface area contributed by atoms with Crippen LogP contribution in [0.1, 0.15) is 25.6 Å². The normalized spacial score (nSPS) is 16.7. The summed E-state index contributed by atoms with van der Waals surface area (Å²) in [5.74, 6) is 3.58. The quantitative estimate of drug-likeness (QED) is 0.890. The minimum absolute atomic E-state index is 0.678. The molecule has 0 aliphatic carbocycles. The first kappa shape index (κ1) is 14.1. The van der Waals surface area contributed by atoms with E-state index in [0.29, 0.717) is 5.92 Å². The molecule has 5 nitrogen and oxygen atoms in total. The Morgan fingerprint density at radius 3 is 2.63 bits per heavy atom. The van der Waals surface area contributed by atoms with Crippen LogP contribution >= 0.6 is 0 Å². The highest BCUT2D eigenvalue weighted by Crippen LogP contribution is 2.23. The van der Waals surface area contributed by atoms with Crippen molar-refractivity contribution in [3.05, 3.63) is 11.9 Å². The number of aromatic nitrogens is 2. The first-order chi connectivity index (χ1) is 9.13. The molecule has 0 unspecified atom stereocenters. The average Bonchev–Trinajstić information content (AvgIpc) is 2.45. The number of hydrogen-bond donors (Lipinski definition) is 1. The first-order valence-corrected chi connectivity index (χ1v) is 7.15. The molecule has 1 aromatic rings. The molecule has 2 heterocycles. The molecule has 2 N–H and O–H groups in total. The van der Waals surface area contributed by atoms with Crippen LogP contribution in [-0.2, 0) is 0 Å². The van der Waals surface area contributed by atoms with E-state index >= 15 is 0 Å². The third kappa shape index (κ3) is 3.35. The number of piperidine rings is 1. The fourth-order valence-electron chi connectivity index (χ4n) is 2.45. The molecule has 1 fully saturated rings. The van der Waals surface area contributed by atoms with E-state index in [4.69, 9.17) is 5.73 Å². The maximum absolute atomic E-state index is 5.74. The van der Waals surface area contributed by atoms with Gasteiger partial charge in [-0.3, -0.25) is 0 Å². The Kier molecular flexibility index (Phi) is 4.58. The molecular formula is C14H25N5. The molecule has 5 heteroatoms. The van der Waals surface area contributed by atoms with Gasteiger partial charge in [-0.15, -0.1) is 0 Å². The lowest BCUT2D eigenvalue weighted by Gasteiger charge is -2.32. The van der Waals surface area contributed by atoms with Gasteiger partial charge < -0.3 is 15.5 Å². The van der Waals surface area contributed by atoms with Gasteiger partial charge in [0.05, 0.1) is 0 Å². The van der Waals surface area contributed by atoms with Crippen molar-refractivity contribution >= 4 is 11.6 Å². The van der Waals surface area contributed by atoms with Crippen molar-refractivity contribution in [3.8, 4) is 0 Å². The van der Waals surface area contributed by atoms with E-state index < -0.39 is 0 Å². The molecule has 0 saturated carbocycles. The van der Waals surface area contributed by atoms with Crippen molar-refractivity contribution in [1.82, 2.24) is 9.97 Å². The lowest BCUT2D eigenvalue weighted by molar-refractivity contribution is 0.413. The Morgan fingerprint density at radius 2 is 2.05 bits per heavy atom. The summed E-state index contributed by atoms with van der Waals surface area (Å²) in [6.07, 6.45) is 2.33. The minimum Gasteiger partial charge on any atom is -0.360 e. The number of rotatable bonds is 4. The molecule has 0 atom stereocenters. The van der Waals surface area contributed by atoms with Gasteiger partial charge in [0.15, 0.2) is 0 Å². The molecule has 0 amide bonds. The summed E-state index contributed by atoms with van der Waals surface area (Å²) < 4.78 is 0. The van der Waals surface area contributed by atoms with E-state index in [9.17, 15) is 0 Å². The Morgan fingerprint density at radius 1 is 1.37 bits per heavy atom. The highest BCUT2D eigenvalue weighted by molar-refractivity contribution is 5.50. The van der Waals surface area contributed by atoms with Crippen molar-refractivity contribution < 1.29 is 0 Å². The van der Waals surface area contributed by atoms with Gasteiger partial charge in [0.2, 0.25) is 0 Å². The summed E-state index contributed by atoms with van der Waals surface area (Å²) in [7, 11) is 2.06. The lowest BCUT2D eigenvalue weighted by Crippen LogP contribution is -2.36. The third-order valence-corrected chi connectivity index (χ3v) is 3.95. The highest BCUT2D eigenvalue weighted by atomic mass is 15.2. The largest absolute Gasteiger partial charge is 0.360 e. The van der Waals surface area contributed by atoms with Crippen molar-refractivity contribution in [2.45, 2.75) is 26.7 Å². The van der Waals surface area contributed by atoms with E-state index in [-0.39, 0.29) is 0 Å². The predicted molar refractivity (Wildman–Crippen MR) is 79.7 cm³/mol. The van der Waals surface area contributed by atoms with Gasteiger partial charge in [-0.05, 0) is 39.2 Å². The molecule has 106 valence electrons. The topological polar surface area (TPSA) is 58.3 Å². The second-order valence-corrected chi connectivity index (χ2v) is 5.31. The predicted octanol–water partition coefficient (Wildman–Crippen LogP) is 1.42. The SMILES string of the molecule is CCN(C)c1cc(N2CCC(CN)CC2)nc(C)n1.